The highest BCUT2D eigenvalue weighted by atomic mass is 16.5. The molecule has 0 unspecified atom stereocenters. The topological polar surface area (TPSA) is 55.0 Å². The number of hydrogen-bond acceptors (Lipinski definition) is 3. The van der Waals surface area contributed by atoms with Gasteiger partial charge in [0.25, 0.3) is 5.56 Å². The van der Waals surface area contributed by atoms with E-state index < -0.39 is 0 Å². The Bertz CT molecular complexity index is 668. The minimum atomic E-state index is -0.00289. The molecule has 4 heteroatoms. The molecule has 1 aromatic heterocycles. The van der Waals surface area contributed by atoms with Gasteiger partial charge in [-0.2, -0.15) is 5.26 Å². The Kier molecular flexibility index (Phi) is 3.99. The lowest BCUT2D eigenvalue weighted by molar-refractivity contribution is 0.296. The summed E-state index contributed by atoms with van der Waals surface area (Å²) < 4.78 is 7.15. The fraction of sp³-hybridized carbons (Fsp3) is 0.200. The van der Waals surface area contributed by atoms with E-state index in [0.717, 1.165) is 0 Å². The molecule has 4 nitrogen and oxygen atoms in total. The third-order valence-electron chi connectivity index (χ3n) is 2.77. The molecule has 19 heavy (non-hydrogen) atoms. The molecule has 0 spiro atoms. The van der Waals surface area contributed by atoms with E-state index in [9.17, 15) is 4.79 Å². The van der Waals surface area contributed by atoms with E-state index in [4.69, 9.17) is 10.00 Å². The minimum Gasteiger partial charge on any atom is -0.492 e. The van der Waals surface area contributed by atoms with Gasteiger partial charge in [-0.15, -0.1) is 0 Å². The fourth-order valence-corrected chi connectivity index (χ4v) is 1.75. The maximum atomic E-state index is 11.8. The number of hydrogen-bond donors (Lipinski definition) is 0. The van der Waals surface area contributed by atoms with Gasteiger partial charge in [0.2, 0.25) is 0 Å². The lowest BCUT2D eigenvalue weighted by Crippen LogP contribution is -2.23. The van der Waals surface area contributed by atoms with Crippen molar-refractivity contribution in [1.29, 1.82) is 5.26 Å². The third kappa shape index (κ3) is 3.23. The normalized spacial score (nSPS) is 9.89. The van der Waals surface area contributed by atoms with Crippen LogP contribution >= 0.6 is 0 Å². The standard InChI is InChI=1S/C15H14N2O2/c1-12-4-3-7-17(15(12)18)8-9-19-14-6-2-5-13(10-14)11-16/h2-7,10H,8-9H2,1H3. The molecule has 1 heterocycles. The number of nitrogens with zero attached hydrogens (tertiary/aromatic N) is 2. The molecule has 2 aromatic rings. The monoisotopic (exact) mass is 254 g/mol. The molecule has 0 atom stereocenters. The summed E-state index contributed by atoms with van der Waals surface area (Å²) in [5, 5.41) is 8.78. The van der Waals surface area contributed by atoms with E-state index in [1.807, 2.05) is 6.07 Å². The Labute approximate surface area is 111 Å². The molecule has 1 aromatic carbocycles. The summed E-state index contributed by atoms with van der Waals surface area (Å²) in [5.74, 6) is 0.639. The Balaban J connectivity index is 1.98. The van der Waals surface area contributed by atoms with E-state index in [0.29, 0.717) is 30.0 Å². The SMILES string of the molecule is Cc1cccn(CCOc2cccc(C#N)c2)c1=O. The van der Waals surface area contributed by atoms with Crippen molar-refractivity contribution in [1.82, 2.24) is 4.57 Å². The first-order valence-corrected chi connectivity index (χ1v) is 6.00. The minimum absolute atomic E-state index is 0.00289. The Morgan fingerprint density at radius 3 is 2.95 bits per heavy atom. The zero-order chi connectivity index (χ0) is 13.7. The van der Waals surface area contributed by atoms with Crippen LogP contribution in [-0.4, -0.2) is 11.2 Å². The number of rotatable bonds is 4. The van der Waals surface area contributed by atoms with Gasteiger partial charge in [0, 0.05) is 11.8 Å². The van der Waals surface area contributed by atoms with E-state index in [2.05, 4.69) is 6.07 Å². The van der Waals surface area contributed by atoms with Gasteiger partial charge >= 0.3 is 0 Å². The molecule has 0 fully saturated rings. The van der Waals surface area contributed by atoms with Crippen LogP contribution in [0.3, 0.4) is 0 Å². The largest absolute Gasteiger partial charge is 0.492 e. The van der Waals surface area contributed by atoms with E-state index >= 15 is 0 Å². The number of pyridine rings is 1. The number of benzene rings is 1. The van der Waals surface area contributed by atoms with Gasteiger partial charge in [0.15, 0.2) is 0 Å². The van der Waals surface area contributed by atoms with Crippen molar-refractivity contribution < 1.29 is 4.74 Å². The van der Waals surface area contributed by atoms with Crippen LogP contribution in [0.1, 0.15) is 11.1 Å². The second kappa shape index (κ2) is 5.87. The van der Waals surface area contributed by atoms with E-state index in [-0.39, 0.29) is 5.56 Å². The average molecular weight is 254 g/mol. The van der Waals surface area contributed by atoms with Gasteiger partial charge in [-0.05, 0) is 31.2 Å². The third-order valence-corrected chi connectivity index (χ3v) is 2.77. The van der Waals surface area contributed by atoms with Crippen LogP contribution in [0, 0.1) is 18.3 Å². The van der Waals surface area contributed by atoms with Crippen molar-refractivity contribution in [2.75, 3.05) is 6.61 Å². The molecule has 0 bridgehead atoms. The summed E-state index contributed by atoms with van der Waals surface area (Å²) in [6.45, 7) is 2.66. The molecule has 0 aliphatic heterocycles. The van der Waals surface area contributed by atoms with E-state index in [1.165, 1.54) is 0 Å². The molecule has 0 N–H and O–H groups in total. The quantitative estimate of drug-likeness (QED) is 0.839. The van der Waals surface area contributed by atoms with Crippen molar-refractivity contribution in [3.05, 3.63) is 64.1 Å². The van der Waals surface area contributed by atoms with Crippen molar-refractivity contribution in [2.45, 2.75) is 13.5 Å². The highest BCUT2D eigenvalue weighted by Crippen LogP contribution is 2.12. The van der Waals surface area contributed by atoms with Crippen LogP contribution in [0.2, 0.25) is 0 Å². The molecule has 96 valence electrons. The summed E-state index contributed by atoms with van der Waals surface area (Å²) in [7, 11) is 0. The molecule has 0 aliphatic carbocycles. The predicted octanol–water partition coefficient (Wildman–Crippen LogP) is 2.11. The Hall–Kier alpha value is -2.54. The lowest BCUT2D eigenvalue weighted by Gasteiger charge is -2.08. The van der Waals surface area contributed by atoms with Gasteiger partial charge in [-0.25, -0.2) is 0 Å². The smallest absolute Gasteiger partial charge is 0.253 e. The molecular weight excluding hydrogens is 240 g/mol. The van der Waals surface area contributed by atoms with E-state index in [1.54, 1.807) is 48.0 Å². The molecule has 0 aliphatic rings. The van der Waals surface area contributed by atoms with Crippen molar-refractivity contribution in [2.24, 2.45) is 0 Å². The Morgan fingerprint density at radius 1 is 1.32 bits per heavy atom. The number of ether oxygens (including phenoxy) is 1. The van der Waals surface area contributed by atoms with Crippen molar-refractivity contribution >= 4 is 0 Å². The van der Waals surface area contributed by atoms with Crippen LogP contribution in [0.5, 0.6) is 5.75 Å². The molecule has 2 rings (SSSR count). The first kappa shape index (κ1) is 12.9. The van der Waals surface area contributed by atoms with Gasteiger partial charge in [0.1, 0.15) is 12.4 Å². The lowest BCUT2D eigenvalue weighted by atomic mass is 10.2. The van der Waals surface area contributed by atoms with Crippen molar-refractivity contribution in [3.8, 4) is 11.8 Å². The van der Waals surface area contributed by atoms with Crippen LogP contribution in [0.4, 0.5) is 0 Å². The number of aryl methyl sites for hydroxylation is 1. The maximum absolute atomic E-state index is 11.8. The summed E-state index contributed by atoms with van der Waals surface area (Å²) in [6, 6.07) is 12.6. The first-order chi connectivity index (χ1) is 9.20. The van der Waals surface area contributed by atoms with Crippen molar-refractivity contribution in [3.63, 3.8) is 0 Å². The molecule has 0 saturated heterocycles. The van der Waals surface area contributed by atoms with Crippen LogP contribution in [0.15, 0.2) is 47.4 Å². The fourth-order valence-electron chi connectivity index (χ4n) is 1.75. The molecule has 0 amide bonds. The summed E-state index contributed by atoms with van der Waals surface area (Å²) in [6.07, 6.45) is 1.74. The van der Waals surface area contributed by atoms with Gasteiger partial charge in [-0.3, -0.25) is 4.79 Å². The zero-order valence-electron chi connectivity index (χ0n) is 10.7. The maximum Gasteiger partial charge on any atom is 0.253 e. The summed E-state index contributed by atoms with van der Waals surface area (Å²) in [4.78, 5) is 11.8. The zero-order valence-corrected chi connectivity index (χ0v) is 10.7. The van der Waals surface area contributed by atoms with Gasteiger partial charge in [-0.1, -0.05) is 12.1 Å². The molecule has 0 radical (unpaired) electrons. The highest BCUT2D eigenvalue weighted by Gasteiger charge is 2.00. The summed E-state index contributed by atoms with van der Waals surface area (Å²) >= 11 is 0. The van der Waals surface area contributed by atoms with Gasteiger partial charge in [0.05, 0.1) is 18.2 Å². The Morgan fingerprint density at radius 2 is 2.16 bits per heavy atom. The van der Waals surface area contributed by atoms with Crippen LogP contribution < -0.4 is 10.3 Å². The summed E-state index contributed by atoms with van der Waals surface area (Å²) in [5.41, 5.74) is 1.27. The second-order valence-corrected chi connectivity index (χ2v) is 4.18. The molecular formula is C15H14N2O2. The van der Waals surface area contributed by atoms with Crippen LogP contribution in [0.25, 0.3) is 0 Å². The predicted molar refractivity (Wildman–Crippen MR) is 72.1 cm³/mol. The molecule has 0 saturated carbocycles. The average Bonchev–Trinajstić information content (AvgIpc) is 2.44. The first-order valence-electron chi connectivity index (χ1n) is 6.00. The number of aromatic nitrogens is 1. The van der Waals surface area contributed by atoms with Gasteiger partial charge < -0.3 is 9.30 Å². The van der Waals surface area contributed by atoms with Crippen LogP contribution in [-0.2, 0) is 6.54 Å². The highest BCUT2D eigenvalue weighted by molar-refractivity contribution is 5.36. The second-order valence-electron chi connectivity index (χ2n) is 4.18. The number of nitriles is 1.